The summed E-state index contributed by atoms with van der Waals surface area (Å²) in [5.74, 6) is 0.832. The lowest BCUT2D eigenvalue weighted by molar-refractivity contribution is 0.393. The summed E-state index contributed by atoms with van der Waals surface area (Å²) in [6, 6.07) is 2.11. The van der Waals surface area contributed by atoms with E-state index in [1.54, 1.807) is 0 Å². The molecule has 0 atom stereocenters. The molecular formula is C12H11N3O. The van der Waals surface area contributed by atoms with Gasteiger partial charge in [0.05, 0.1) is 17.9 Å². The highest BCUT2D eigenvalue weighted by Crippen LogP contribution is 2.28. The number of rotatable bonds is 1. The molecule has 0 aromatic carbocycles. The van der Waals surface area contributed by atoms with Crippen molar-refractivity contribution in [3.8, 4) is 11.1 Å². The molecule has 1 aliphatic rings. The van der Waals surface area contributed by atoms with E-state index in [1.807, 2.05) is 26.3 Å². The fraction of sp³-hybridized carbons (Fsp3) is 0.250. The largest absolute Gasteiger partial charge is 0.361 e. The maximum absolute atomic E-state index is 5.16. The Morgan fingerprint density at radius 2 is 2.19 bits per heavy atom. The van der Waals surface area contributed by atoms with E-state index in [9.17, 15) is 0 Å². The SMILES string of the molecule is Cc1noc(C)c1-c1cnc2c(c1)CN=C2. The smallest absolute Gasteiger partial charge is 0.141 e. The minimum absolute atomic E-state index is 0.722. The molecule has 0 amide bonds. The third-order valence-electron chi connectivity index (χ3n) is 2.80. The van der Waals surface area contributed by atoms with Crippen LogP contribution in [-0.4, -0.2) is 16.4 Å². The molecule has 0 unspecified atom stereocenters. The highest BCUT2D eigenvalue weighted by molar-refractivity contribution is 5.83. The van der Waals surface area contributed by atoms with Gasteiger partial charge in [0.25, 0.3) is 0 Å². The van der Waals surface area contributed by atoms with Crippen molar-refractivity contribution in [2.45, 2.75) is 20.4 Å². The predicted molar refractivity (Wildman–Crippen MR) is 60.5 cm³/mol. The molecular weight excluding hydrogens is 202 g/mol. The van der Waals surface area contributed by atoms with Crippen LogP contribution in [0.15, 0.2) is 21.8 Å². The molecule has 0 N–H and O–H groups in total. The molecule has 4 heteroatoms. The van der Waals surface area contributed by atoms with E-state index in [0.29, 0.717) is 0 Å². The lowest BCUT2D eigenvalue weighted by atomic mass is 10.0. The van der Waals surface area contributed by atoms with Gasteiger partial charge in [0.1, 0.15) is 5.76 Å². The van der Waals surface area contributed by atoms with Crippen molar-refractivity contribution in [1.82, 2.24) is 10.1 Å². The van der Waals surface area contributed by atoms with Gasteiger partial charge in [-0.2, -0.15) is 0 Å². The summed E-state index contributed by atoms with van der Waals surface area (Å²) in [5.41, 5.74) is 5.13. The third kappa shape index (κ3) is 1.26. The normalized spacial score (nSPS) is 13.1. The number of aryl methyl sites for hydroxylation is 2. The van der Waals surface area contributed by atoms with Crippen molar-refractivity contribution in [3.05, 3.63) is 35.0 Å². The van der Waals surface area contributed by atoms with Gasteiger partial charge < -0.3 is 4.52 Å². The lowest BCUT2D eigenvalue weighted by Crippen LogP contribution is -1.91. The van der Waals surface area contributed by atoms with E-state index in [0.717, 1.165) is 40.4 Å². The average molecular weight is 213 g/mol. The standard InChI is InChI=1S/C12H11N3O/c1-7-12(8(2)16-15-7)10-3-9-4-13-6-11(9)14-5-10/h3,5-6H,4H2,1-2H3. The molecule has 0 saturated carbocycles. The van der Waals surface area contributed by atoms with Gasteiger partial charge in [0.15, 0.2) is 0 Å². The number of pyridine rings is 1. The van der Waals surface area contributed by atoms with E-state index in [1.165, 1.54) is 0 Å². The van der Waals surface area contributed by atoms with Crippen LogP contribution >= 0.6 is 0 Å². The van der Waals surface area contributed by atoms with Crippen molar-refractivity contribution >= 4 is 6.21 Å². The first-order valence-corrected chi connectivity index (χ1v) is 5.17. The van der Waals surface area contributed by atoms with Crippen molar-refractivity contribution in [3.63, 3.8) is 0 Å². The molecule has 0 aliphatic carbocycles. The lowest BCUT2D eigenvalue weighted by Gasteiger charge is -2.02. The zero-order chi connectivity index (χ0) is 11.1. The van der Waals surface area contributed by atoms with E-state index < -0.39 is 0 Å². The van der Waals surface area contributed by atoms with Crippen LogP contribution in [0.5, 0.6) is 0 Å². The molecule has 16 heavy (non-hydrogen) atoms. The van der Waals surface area contributed by atoms with Crippen LogP contribution in [0.4, 0.5) is 0 Å². The molecule has 2 aromatic heterocycles. The van der Waals surface area contributed by atoms with Gasteiger partial charge in [-0.25, -0.2) is 0 Å². The molecule has 3 rings (SSSR count). The second kappa shape index (κ2) is 3.27. The first kappa shape index (κ1) is 9.27. The van der Waals surface area contributed by atoms with Gasteiger partial charge in [-0.1, -0.05) is 5.16 Å². The van der Waals surface area contributed by atoms with E-state index in [2.05, 4.69) is 21.2 Å². The zero-order valence-electron chi connectivity index (χ0n) is 9.19. The summed E-state index contributed by atoms with van der Waals surface area (Å²) in [7, 11) is 0. The predicted octanol–water partition coefficient (Wildman–Crippen LogP) is 2.29. The number of aliphatic imine (C=N–C) groups is 1. The van der Waals surface area contributed by atoms with Crippen LogP contribution in [0.2, 0.25) is 0 Å². The van der Waals surface area contributed by atoms with Crippen LogP contribution in [0, 0.1) is 13.8 Å². The Kier molecular flexibility index (Phi) is 1.89. The Hall–Kier alpha value is -1.97. The molecule has 1 aliphatic heterocycles. The van der Waals surface area contributed by atoms with Gasteiger partial charge in [-0.15, -0.1) is 0 Å². The quantitative estimate of drug-likeness (QED) is 0.730. The first-order valence-electron chi connectivity index (χ1n) is 5.17. The molecule has 4 nitrogen and oxygen atoms in total. The van der Waals surface area contributed by atoms with E-state index in [4.69, 9.17) is 4.52 Å². The van der Waals surface area contributed by atoms with Crippen LogP contribution in [0.25, 0.3) is 11.1 Å². The number of aromatic nitrogens is 2. The molecule has 2 aromatic rings. The Balaban J connectivity index is 2.15. The Bertz CT molecular complexity index is 564. The fourth-order valence-corrected chi connectivity index (χ4v) is 2.03. The highest BCUT2D eigenvalue weighted by atomic mass is 16.5. The minimum atomic E-state index is 0.722. The van der Waals surface area contributed by atoms with Gasteiger partial charge in [-0.3, -0.25) is 9.98 Å². The Labute approximate surface area is 93.0 Å². The van der Waals surface area contributed by atoms with Gasteiger partial charge in [0, 0.05) is 29.1 Å². The number of fused-ring (bicyclic) bond motifs is 1. The molecule has 0 saturated heterocycles. The molecule has 3 heterocycles. The molecule has 0 spiro atoms. The molecule has 0 radical (unpaired) electrons. The summed E-state index contributed by atoms with van der Waals surface area (Å²) in [6.45, 7) is 4.58. The summed E-state index contributed by atoms with van der Waals surface area (Å²) < 4.78 is 5.16. The van der Waals surface area contributed by atoms with Crippen molar-refractivity contribution < 1.29 is 4.52 Å². The maximum atomic E-state index is 5.16. The highest BCUT2D eigenvalue weighted by Gasteiger charge is 2.15. The van der Waals surface area contributed by atoms with Crippen molar-refractivity contribution in [2.24, 2.45) is 4.99 Å². The molecule has 0 bridgehead atoms. The minimum Gasteiger partial charge on any atom is -0.361 e. The monoisotopic (exact) mass is 213 g/mol. The second-order valence-electron chi connectivity index (χ2n) is 3.94. The van der Waals surface area contributed by atoms with Crippen LogP contribution < -0.4 is 0 Å². The van der Waals surface area contributed by atoms with E-state index in [-0.39, 0.29) is 0 Å². The number of hydrogen-bond acceptors (Lipinski definition) is 4. The average Bonchev–Trinajstić information content (AvgIpc) is 2.85. The topological polar surface area (TPSA) is 51.3 Å². The summed E-state index contributed by atoms with van der Waals surface area (Å²) in [5, 5.41) is 3.95. The summed E-state index contributed by atoms with van der Waals surface area (Å²) >= 11 is 0. The zero-order valence-corrected chi connectivity index (χ0v) is 9.19. The van der Waals surface area contributed by atoms with Crippen LogP contribution in [0.1, 0.15) is 22.7 Å². The molecule has 0 fully saturated rings. The first-order chi connectivity index (χ1) is 7.75. The van der Waals surface area contributed by atoms with Crippen LogP contribution in [-0.2, 0) is 6.54 Å². The number of hydrogen-bond donors (Lipinski definition) is 0. The number of nitrogens with zero attached hydrogens (tertiary/aromatic N) is 3. The van der Waals surface area contributed by atoms with Crippen molar-refractivity contribution in [2.75, 3.05) is 0 Å². The Morgan fingerprint density at radius 3 is 2.94 bits per heavy atom. The van der Waals surface area contributed by atoms with E-state index >= 15 is 0 Å². The molecule has 80 valence electrons. The van der Waals surface area contributed by atoms with Gasteiger partial charge in [0.2, 0.25) is 0 Å². The Morgan fingerprint density at radius 1 is 1.31 bits per heavy atom. The summed E-state index contributed by atoms with van der Waals surface area (Å²) in [4.78, 5) is 8.57. The second-order valence-corrected chi connectivity index (χ2v) is 3.94. The maximum Gasteiger partial charge on any atom is 0.141 e. The van der Waals surface area contributed by atoms with Gasteiger partial charge >= 0.3 is 0 Å². The fourth-order valence-electron chi connectivity index (χ4n) is 2.03. The van der Waals surface area contributed by atoms with Gasteiger partial charge in [-0.05, 0) is 19.9 Å². The summed E-state index contributed by atoms with van der Waals surface area (Å²) in [6.07, 6.45) is 3.66. The third-order valence-corrected chi connectivity index (χ3v) is 2.80. The van der Waals surface area contributed by atoms with Crippen molar-refractivity contribution in [1.29, 1.82) is 0 Å². The van der Waals surface area contributed by atoms with Crippen LogP contribution in [0.3, 0.4) is 0 Å².